The number of nitrogens with one attached hydrogen (secondary N) is 2. The van der Waals surface area contributed by atoms with Crippen LogP contribution in [0.15, 0.2) is 24.3 Å². The van der Waals surface area contributed by atoms with Crippen LogP contribution >= 0.6 is 0 Å². The maximum absolute atomic E-state index is 3.49. The Morgan fingerprint density at radius 3 is 2.29 bits per heavy atom. The van der Waals surface area contributed by atoms with Gasteiger partial charge >= 0.3 is 0 Å². The van der Waals surface area contributed by atoms with Crippen molar-refractivity contribution >= 4 is 0 Å². The number of rotatable bonds is 6. The second-order valence-electron chi connectivity index (χ2n) is 5.44. The van der Waals surface area contributed by atoms with Crippen molar-refractivity contribution in [2.45, 2.75) is 39.7 Å². The van der Waals surface area contributed by atoms with Gasteiger partial charge in [-0.25, -0.2) is 0 Å². The molecule has 0 aromatic heterocycles. The third kappa shape index (κ3) is 4.88. The van der Waals surface area contributed by atoms with Gasteiger partial charge in [0.2, 0.25) is 0 Å². The average molecular weight is 234 g/mol. The summed E-state index contributed by atoms with van der Waals surface area (Å²) in [7, 11) is 0. The van der Waals surface area contributed by atoms with Crippen molar-refractivity contribution in [2.24, 2.45) is 0 Å². The molecule has 0 bridgehead atoms. The van der Waals surface area contributed by atoms with Crippen LogP contribution in [0.5, 0.6) is 0 Å². The normalized spacial score (nSPS) is 11.8. The van der Waals surface area contributed by atoms with Gasteiger partial charge in [0, 0.05) is 19.6 Å². The molecule has 2 nitrogen and oxygen atoms in total. The van der Waals surface area contributed by atoms with Crippen LogP contribution in [-0.2, 0) is 12.0 Å². The van der Waals surface area contributed by atoms with E-state index in [-0.39, 0.29) is 5.41 Å². The number of hydrogen-bond acceptors (Lipinski definition) is 2. The van der Waals surface area contributed by atoms with E-state index in [1.807, 2.05) is 0 Å². The van der Waals surface area contributed by atoms with E-state index in [0.717, 1.165) is 26.2 Å². The molecule has 2 N–H and O–H groups in total. The van der Waals surface area contributed by atoms with Crippen LogP contribution in [0.1, 0.15) is 38.8 Å². The van der Waals surface area contributed by atoms with Crippen LogP contribution in [0.25, 0.3) is 0 Å². The second-order valence-corrected chi connectivity index (χ2v) is 5.44. The van der Waals surface area contributed by atoms with Crippen LogP contribution in [0.2, 0.25) is 0 Å². The van der Waals surface area contributed by atoms with Crippen molar-refractivity contribution in [3.8, 4) is 0 Å². The Bertz CT molecular complexity index is 326. The molecule has 2 heteroatoms. The zero-order valence-corrected chi connectivity index (χ0v) is 11.6. The highest BCUT2D eigenvalue weighted by Gasteiger charge is 2.16. The molecule has 0 fully saturated rings. The lowest BCUT2D eigenvalue weighted by atomic mass is 9.84. The van der Waals surface area contributed by atoms with E-state index in [9.17, 15) is 0 Å². The first-order valence-electron chi connectivity index (χ1n) is 6.55. The lowest BCUT2D eigenvalue weighted by molar-refractivity contribution is 0.569. The summed E-state index contributed by atoms with van der Waals surface area (Å²) in [6.45, 7) is 13.0. The van der Waals surface area contributed by atoms with Gasteiger partial charge in [0.25, 0.3) is 0 Å². The van der Waals surface area contributed by atoms with Crippen LogP contribution in [0.4, 0.5) is 0 Å². The third-order valence-electron chi connectivity index (χ3n) is 2.87. The SMILES string of the molecule is CCNCCNCc1ccccc1C(C)(C)C. The highest BCUT2D eigenvalue weighted by atomic mass is 14.9. The molecule has 1 aromatic carbocycles. The van der Waals surface area contributed by atoms with Gasteiger partial charge in [-0.05, 0) is 23.1 Å². The summed E-state index contributed by atoms with van der Waals surface area (Å²) in [5, 5.41) is 6.80. The Morgan fingerprint density at radius 2 is 1.65 bits per heavy atom. The molecular weight excluding hydrogens is 208 g/mol. The van der Waals surface area contributed by atoms with Crippen molar-refractivity contribution in [3.63, 3.8) is 0 Å². The van der Waals surface area contributed by atoms with E-state index < -0.39 is 0 Å². The van der Waals surface area contributed by atoms with Crippen molar-refractivity contribution in [2.75, 3.05) is 19.6 Å². The molecule has 0 saturated heterocycles. The highest BCUT2D eigenvalue weighted by molar-refractivity contribution is 5.32. The monoisotopic (exact) mass is 234 g/mol. The number of hydrogen-bond donors (Lipinski definition) is 2. The average Bonchev–Trinajstić information content (AvgIpc) is 2.28. The van der Waals surface area contributed by atoms with Crippen molar-refractivity contribution in [3.05, 3.63) is 35.4 Å². The van der Waals surface area contributed by atoms with E-state index in [1.165, 1.54) is 11.1 Å². The second kappa shape index (κ2) is 6.77. The molecule has 0 spiro atoms. The maximum atomic E-state index is 3.49. The van der Waals surface area contributed by atoms with Crippen LogP contribution in [-0.4, -0.2) is 19.6 Å². The van der Waals surface area contributed by atoms with Gasteiger partial charge in [0.05, 0.1) is 0 Å². The molecule has 96 valence electrons. The largest absolute Gasteiger partial charge is 0.316 e. The molecule has 0 aliphatic rings. The topological polar surface area (TPSA) is 24.1 Å². The zero-order chi connectivity index (χ0) is 12.7. The fourth-order valence-electron chi connectivity index (χ4n) is 1.98. The molecule has 1 aromatic rings. The van der Waals surface area contributed by atoms with Gasteiger partial charge in [-0.1, -0.05) is 52.0 Å². The summed E-state index contributed by atoms with van der Waals surface area (Å²) in [4.78, 5) is 0. The third-order valence-corrected chi connectivity index (χ3v) is 2.87. The van der Waals surface area contributed by atoms with Gasteiger partial charge < -0.3 is 10.6 Å². The minimum Gasteiger partial charge on any atom is -0.316 e. The summed E-state index contributed by atoms with van der Waals surface area (Å²) in [6, 6.07) is 8.71. The first-order valence-corrected chi connectivity index (χ1v) is 6.55. The quantitative estimate of drug-likeness (QED) is 0.740. The maximum Gasteiger partial charge on any atom is 0.0208 e. The van der Waals surface area contributed by atoms with Gasteiger partial charge in [-0.3, -0.25) is 0 Å². The Kier molecular flexibility index (Phi) is 5.66. The summed E-state index contributed by atoms with van der Waals surface area (Å²) in [6.07, 6.45) is 0. The molecule has 0 aliphatic carbocycles. The Hall–Kier alpha value is -0.860. The molecule has 1 rings (SSSR count). The summed E-state index contributed by atoms with van der Waals surface area (Å²) >= 11 is 0. The number of likely N-dealkylation sites (N-methyl/N-ethyl adjacent to an activating group) is 1. The van der Waals surface area contributed by atoms with Crippen LogP contribution in [0, 0.1) is 0 Å². The van der Waals surface area contributed by atoms with E-state index in [4.69, 9.17) is 0 Å². The van der Waals surface area contributed by atoms with Crippen molar-refractivity contribution in [1.29, 1.82) is 0 Å². The van der Waals surface area contributed by atoms with Crippen LogP contribution < -0.4 is 10.6 Å². The Labute approximate surface area is 106 Å². The molecule has 0 unspecified atom stereocenters. The predicted octanol–water partition coefficient (Wildman–Crippen LogP) is 2.68. The molecular formula is C15H26N2. The van der Waals surface area contributed by atoms with Gasteiger partial charge in [-0.15, -0.1) is 0 Å². The molecule has 0 radical (unpaired) electrons. The number of benzene rings is 1. The lowest BCUT2D eigenvalue weighted by Crippen LogP contribution is -2.27. The molecule has 0 aliphatic heterocycles. The van der Waals surface area contributed by atoms with Gasteiger partial charge in [0.15, 0.2) is 0 Å². The predicted molar refractivity (Wildman–Crippen MR) is 75.4 cm³/mol. The standard InChI is InChI=1S/C15H26N2/c1-5-16-10-11-17-12-13-8-6-7-9-14(13)15(2,3)4/h6-9,16-17H,5,10-12H2,1-4H3. The minimum absolute atomic E-state index is 0.222. The first-order chi connectivity index (χ1) is 8.05. The lowest BCUT2D eigenvalue weighted by Gasteiger charge is -2.23. The fraction of sp³-hybridized carbons (Fsp3) is 0.600. The molecule has 0 atom stereocenters. The molecule has 0 amide bonds. The highest BCUT2D eigenvalue weighted by Crippen LogP contribution is 2.25. The fourth-order valence-corrected chi connectivity index (χ4v) is 1.98. The van der Waals surface area contributed by atoms with Crippen LogP contribution in [0.3, 0.4) is 0 Å². The van der Waals surface area contributed by atoms with Gasteiger partial charge in [0.1, 0.15) is 0 Å². The molecule has 0 heterocycles. The summed E-state index contributed by atoms with van der Waals surface area (Å²) in [5.74, 6) is 0. The molecule has 0 saturated carbocycles. The van der Waals surface area contributed by atoms with E-state index in [0.29, 0.717) is 0 Å². The van der Waals surface area contributed by atoms with E-state index in [1.54, 1.807) is 0 Å². The van der Waals surface area contributed by atoms with Crippen molar-refractivity contribution < 1.29 is 0 Å². The summed E-state index contributed by atoms with van der Waals surface area (Å²) < 4.78 is 0. The van der Waals surface area contributed by atoms with E-state index in [2.05, 4.69) is 62.6 Å². The first kappa shape index (κ1) is 14.2. The Balaban J connectivity index is 2.53. The van der Waals surface area contributed by atoms with Crippen molar-refractivity contribution in [1.82, 2.24) is 10.6 Å². The zero-order valence-electron chi connectivity index (χ0n) is 11.6. The summed E-state index contributed by atoms with van der Waals surface area (Å²) in [5.41, 5.74) is 3.08. The minimum atomic E-state index is 0.222. The Morgan fingerprint density at radius 1 is 1.00 bits per heavy atom. The molecule has 17 heavy (non-hydrogen) atoms. The smallest absolute Gasteiger partial charge is 0.0208 e. The van der Waals surface area contributed by atoms with Gasteiger partial charge in [-0.2, -0.15) is 0 Å². The van der Waals surface area contributed by atoms with E-state index >= 15 is 0 Å².